The van der Waals surface area contributed by atoms with E-state index < -0.39 is 0 Å². The second-order valence-electron chi connectivity index (χ2n) is 7.63. The maximum atomic E-state index is 14.6. The summed E-state index contributed by atoms with van der Waals surface area (Å²) in [5, 5.41) is 0. The standard InChI is InChI=1S/C26H26F2N2.2ClH/c27-23-14-12-22(13-15-23)26(24-10-4-5-11-25(24)28)30-19-17-29(18-20-30)16-6-9-21-7-2-1-3-8-21;;/h1-15,26H,16-20H2;2*1H/b9-6+;;. The van der Waals surface area contributed by atoms with Crippen molar-refractivity contribution in [1.82, 2.24) is 9.80 Å². The molecule has 0 aromatic heterocycles. The molecule has 1 unspecified atom stereocenters. The van der Waals surface area contributed by atoms with Crippen molar-refractivity contribution in [2.45, 2.75) is 6.04 Å². The molecule has 1 aliphatic rings. The van der Waals surface area contributed by atoms with Crippen LogP contribution in [0.3, 0.4) is 0 Å². The highest BCUT2D eigenvalue weighted by atomic mass is 35.5. The average molecular weight is 477 g/mol. The molecule has 2 nitrogen and oxygen atoms in total. The van der Waals surface area contributed by atoms with Crippen molar-refractivity contribution >= 4 is 30.9 Å². The van der Waals surface area contributed by atoms with Crippen molar-refractivity contribution in [3.8, 4) is 0 Å². The summed E-state index contributed by atoms with van der Waals surface area (Å²) in [6.45, 7) is 4.37. The number of rotatable bonds is 6. The number of nitrogens with zero attached hydrogens (tertiary/aromatic N) is 2. The van der Waals surface area contributed by atoms with Crippen LogP contribution in [-0.4, -0.2) is 42.5 Å². The lowest BCUT2D eigenvalue weighted by Gasteiger charge is -2.39. The molecule has 1 saturated heterocycles. The third kappa shape index (κ3) is 6.63. The number of halogens is 4. The van der Waals surface area contributed by atoms with Crippen LogP contribution in [0.1, 0.15) is 22.7 Å². The molecule has 0 amide bonds. The van der Waals surface area contributed by atoms with Crippen molar-refractivity contribution in [2.75, 3.05) is 32.7 Å². The summed E-state index contributed by atoms with van der Waals surface area (Å²) in [6, 6.07) is 23.4. The van der Waals surface area contributed by atoms with Gasteiger partial charge in [-0.15, -0.1) is 24.8 Å². The molecular formula is C26H28Cl2F2N2. The smallest absolute Gasteiger partial charge is 0.128 e. The minimum Gasteiger partial charge on any atom is -0.297 e. The molecule has 170 valence electrons. The van der Waals surface area contributed by atoms with E-state index in [-0.39, 0.29) is 42.5 Å². The van der Waals surface area contributed by atoms with Gasteiger partial charge in [0.25, 0.3) is 0 Å². The van der Waals surface area contributed by atoms with Gasteiger partial charge in [-0.25, -0.2) is 8.78 Å². The Labute approximate surface area is 201 Å². The first-order valence-corrected chi connectivity index (χ1v) is 10.4. The Hall–Kier alpha value is -2.24. The second kappa shape index (κ2) is 12.7. The lowest BCUT2D eigenvalue weighted by atomic mass is 9.96. The van der Waals surface area contributed by atoms with E-state index in [4.69, 9.17) is 0 Å². The molecule has 4 rings (SSSR count). The number of hydrogen-bond acceptors (Lipinski definition) is 2. The molecular weight excluding hydrogens is 449 g/mol. The highest BCUT2D eigenvalue weighted by Crippen LogP contribution is 2.31. The van der Waals surface area contributed by atoms with Crippen LogP contribution in [-0.2, 0) is 0 Å². The van der Waals surface area contributed by atoms with Gasteiger partial charge in [0.2, 0.25) is 0 Å². The van der Waals surface area contributed by atoms with Gasteiger partial charge >= 0.3 is 0 Å². The predicted molar refractivity (Wildman–Crippen MR) is 133 cm³/mol. The molecule has 0 saturated carbocycles. The molecule has 0 bridgehead atoms. The Morgan fingerprint density at radius 3 is 2.03 bits per heavy atom. The van der Waals surface area contributed by atoms with Crippen molar-refractivity contribution in [3.63, 3.8) is 0 Å². The summed E-state index contributed by atoms with van der Waals surface area (Å²) in [4.78, 5) is 4.70. The highest BCUT2D eigenvalue weighted by molar-refractivity contribution is 5.85. The SMILES string of the molecule is Cl.Cl.Fc1ccc(C(c2ccccc2F)N2CCN(C/C=C/c3ccccc3)CC2)cc1. The number of benzene rings is 3. The minimum absolute atomic E-state index is 0. The van der Waals surface area contributed by atoms with Gasteiger partial charge in [0.1, 0.15) is 11.6 Å². The highest BCUT2D eigenvalue weighted by Gasteiger charge is 2.27. The third-order valence-corrected chi connectivity index (χ3v) is 5.63. The molecule has 1 heterocycles. The van der Waals surface area contributed by atoms with E-state index in [1.54, 1.807) is 18.2 Å². The lowest BCUT2D eigenvalue weighted by molar-refractivity contribution is 0.116. The molecule has 0 aliphatic carbocycles. The first kappa shape index (κ1) is 26.0. The molecule has 6 heteroatoms. The Morgan fingerprint density at radius 2 is 1.38 bits per heavy atom. The average Bonchev–Trinajstić information content (AvgIpc) is 2.78. The lowest BCUT2D eigenvalue weighted by Crippen LogP contribution is -2.47. The zero-order chi connectivity index (χ0) is 20.8. The summed E-state index contributed by atoms with van der Waals surface area (Å²) in [6.07, 6.45) is 4.34. The molecule has 0 radical (unpaired) electrons. The summed E-state index contributed by atoms with van der Waals surface area (Å²) in [5.74, 6) is -0.499. The minimum atomic E-state index is -0.277. The molecule has 0 spiro atoms. The van der Waals surface area contributed by atoms with Gasteiger partial charge < -0.3 is 0 Å². The van der Waals surface area contributed by atoms with Crippen LogP contribution in [0.25, 0.3) is 6.08 Å². The van der Waals surface area contributed by atoms with Crippen LogP contribution in [0, 0.1) is 11.6 Å². The molecule has 32 heavy (non-hydrogen) atoms. The number of hydrogen-bond donors (Lipinski definition) is 0. The van der Waals surface area contributed by atoms with Gasteiger partial charge in [-0.05, 0) is 29.3 Å². The molecule has 3 aromatic rings. The first-order chi connectivity index (χ1) is 14.7. The maximum Gasteiger partial charge on any atom is 0.128 e. The van der Waals surface area contributed by atoms with Crippen molar-refractivity contribution in [1.29, 1.82) is 0 Å². The Bertz CT molecular complexity index is 973. The fourth-order valence-electron chi connectivity index (χ4n) is 4.04. The largest absolute Gasteiger partial charge is 0.297 e. The summed E-state index contributed by atoms with van der Waals surface area (Å²) >= 11 is 0. The van der Waals surface area contributed by atoms with E-state index in [0.717, 1.165) is 38.3 Å². The first-order valence-electron chi connectivity index (χ1n) is 10.4. The van der Waals surface area contributed by atoms with Crippen LogP contribution in [0.15, 0.2) is 84.9 Å². The third-order valence-electron chi connectivity index (χ3n) is 5.63. The van der Waals surface area contributed by atoms with Gasteiger partial charge in [0, 0.05) is 38.3 Å². The van der Waals surface area contributed by atoms with E-state index in [1.165, 1.54) is 23.8 Å². The Kier molecular flexibility index (Phi) is 10.3. The van der Waals surface area contributed by atoms with E-state index >= 15 is 0 Å². The molecule has 3 aromatic carbocycles. The van der Waals surface area contributed by atoms with E-state index in [9.17, 15) is 8.78 Å². The van der Waals surface area contributed by atoms with E-state index in [2.05, 4.69) is 34.1 Å². The quantitative estimate of drug-likeness (QED) is 0.416. The summed E-state index contributed by atoms with van der Waals surface area (Å²) in [5.41, 5.74) is 2.76. The van der Waals surface area contributed by atoms with Crippen LogP contribution in [0.5, 0.6) is 0 Å². The fraction of sp³-hybridized carbons (Fsp3) is 0.231. The van der Waals surface area contributed by atoms with Crippen molar-refractivity contribution < 1.29 is 8.78 Å². The number of piperazine rings is 1. The summed E-state index contributed by atoms with van der Waals surface area (Å²) < 4.78 is 28.1. The van der Waals surface area contributed by atoms with Crippen molar-refractivity contribution in [2.24, 2.45) is 0 Å². The zero-order valence-corrected chi connectivity index (χ0v) is 19.4. The normalized spacial score (nSPS) is 15.7. The monoisotopic (exact) mass is 476 g/mol. The molecule has 1 atom stereocenters. The van der Waals surface area contributed by atoms with Gasteiger partial charge in [-0.3, -0.25) is 9.80 Å². The Balaban J connectivity index is 0.00000181. The topological polar surface area (TPSA) is 6.48 Å². The second-order valence-corrected chi connectivity index (χ2v) is 7.63. The molecule has 1 aliphatic heterocycles. The van der Waals surface area contributed by atoms with Crippen LogP contribution >= 0.6 is 24.8 Å². The van der Waals surface area contributed by atoms with Gasteiger partial charge in [0.15, 0.2) is 0 Å². The van der Waals surface area contributed by atoms with Gasteiger partial charge in [-0.2, -0.15) is 0 Å². The predicted octanol–water partition coefficient (Wildman–Crippen LogP) is 6.23. The fourth-order valence-corrected chi connectivity index (χ4v) is 4.04. The summed E-state index contributed by atoms with van der Waals surface area (Å²) in [7, 11) is 0. The maximum absolute atomic E-state index is 14.6. The van der Waals surface area contributed by atoms with Gasteiger partial charge in [0.05, 0.1) is 6.04 Å². The molecule has 1 fully saturated rings. The van der Waals surface area contributed by atoms with Crippen LogP contribution in [0.2, 0.25) is 0 Å². The van der Waals surface area contributed by atoms with Crippen LogP contribution in [0.4, 0.5) is 8.78 Å². The van der Waals surface area contributed by atoms with Gasteiger partial charge in [-0.1, -0.05) is 72.8 Å². The zero-order valence-electron chi connectivity index (χ0n) is 17.7. The van der Waals surface area contributed by atoms with E-state index in [1.807, 2.05) is 30.3 Å². The van der Waals surface area contributed by atoms with E-state index in [0.29, 0.717) is 5.56 Å². The molecule has 0 N–H and O–H groups in total. The Morgan fingerprint density at radius 1 is 0.750 bits per heavy atom. The van der Waals surface area contributed by atoms with Crippen LogP contribution < -0.4 is 0 Å². The van der Waals surface area contributed by atoms with Crippen molar-refractivity contribution in [3.05, 3.63) is 113 Å².